The van der Waals surface area contributed by atoms with Crippen LogP contribution in [-0.2, 0) is 11.3 Å². The average Bonchev–Trinajstić information content (AvgIpc) is 2.61. The number of aryl methyl sites for hydroxylation is 1. The lowest BCUT2D eigenvalue weighted by Crippen LogP contribution is -2.34. The van der Waals surface area contributed by atoms with E-state index in [0.29, 0.717) is 18.5 Å². The molecule has 0 aliphatic heterocycles. The molecule has 1 N–H and O–H groups in total. The molecule has 0 aliphatic carbocycles. The molecular formula is C20H20N2O3. The van der Waals surface area contributed by atoms with E-state index in [2.05, 4.69) is 5.32 Å². The lowest BCUT2D eigenvalue weighted by molar-refractivity contribution is -0.121. The van der Waals surface area contributed by atoms with Crippen molar-refractivity contribution >= 4 is 16.7 Å². The molecule has 0 radical (unpaired) electrons. The van der Waals surface area contributed by atoms with Gasteiger partial charge in [-0.1, -0.05) is 30.3 Å². The van der Waals surface area contributed by atoms with Gasteiger partial charge in [-0.3, -0.25) is 9.59 Å². The Labute approximate surface area is 145 Å². The van der Waals surface area contributed by atoms with Crippen LogP contribution in [0.3, 0.4) is 0 Å². The van der Waals surface area contributed by atoms with E-state index in [0.717, 1.165) is 16.7 Å². The van der Waals surface area contributed by atoms with E-state index in [1.165, 1.54) is 4.57 Å². The molecule has 0 saturated heterocycles. The molecule has 128 valence electrons. The van der Waals surface area contributed by atoms with Crippen LogP contribution in [0.1, 0.15) is 5.56 Å². The zero-order valence-electron chi connectivity index (χ0n) is 14.1. The molecule has 0 spiro atoms. The van der Waals surface area contributed by atoms with Crippen molar-refractivity contribution in [3.8, 4) is 5.75 Å². The lowest BCUT2D eigenvalue weighted by atomic mass is 10.2. The summed E-state index contributed by atoms with van der Waals surface area (Å²) < 4.78 is 7.00. The summed E-state index contributed by atoms with van der Waals surface area (Å²) in [4.78, 5) is 24.4. The van der Waals surface area contributed by atoms with Gasteiger partial charge in [-0.15, -0.1) is 0 Å². The Morgan fingerprint density at radius 2 is 1.96 bits per heavy atom. The van der Waals surface area contributed by atoms with Crippen molar-refractivity contribution in [3.63, 3.8) is 0 Å². The van der Waals surface area contributed by atoms with Gasteiger partial charge in [0, 0.05) is 11.6 Å². The van der Waals surface area contributed by atoms with E-state index in [1.54, 1.807) is 12.3 Å². The Balaban J connectivity index is 1.53. The number of carbonyl (C=O) groups excluding carboxylic acids is 1. The van der Waals surface area contributed by atoms with Gasteiger partial charge in [-0.2, -0.15) is 0 Å². The highest BCUT2D eigenvalue weighted by Crippen LogP contribution is 2.11. The summed E-state index contributed by atoms with van der Waals surface area (Å²) in [5, 5.41) is 4.25. The van der Waals surface area contributed by atoms with Gasteiger partial charge in [0.1, 0.15) is 18.9 Å². The SMILES string of the molecule is Cc1cccc(OCCNC(=O)Cn2ccc3ccccc3c2=O)c1. The minimum Gasteiger partial charge on any atom is -0.492 e. The van der Waals surface area contributed by atoms with Crippen molar-refractivity contribution < 1.29 is 9.53 Å². The third kappa shape index (κ3) is 4.26. The quantitative estimate of drug-likeness (QED) is 0.704. The molecule has 0 fully saturated rings. The average molecular weight is 336 g/mol. The van der Waals surface area contributed by atoms with Crippen LogP contribution < -0.4 is 15.6 Å². The highest BCUT2D eigenvalue weighted by atomic mass is 16.5. The van der Waals surface area contributed by atoms with Gasteiger partial charge in [-0.25, -0.2) is 0 Å². The van der Waals surface area contributed by atoms with Gasteiger partial charge in [0.15, 0.2) is 0 Å². The zero-order valence-corrected chi connectivity index (χ0v) is 14.1. The van der Waals surface area contributed by atoms with E-state index >= 15 is 0 Å². The Kier molecular flexibility index (Phi) is 5.14. The van der Waals surface area contributed by atoms with Crippen molar-refractivity contribution in [2.24, 2.45) is 0 Å². The molecule has 5 nitrogen and oxygen atoms in total. The number of nitrogens with one attached hydrogen (secondary N) is 1. The molecular weight excluding hydrogens is 316 g/mol. The van der Waals surface area contributed by atoms with Gasteiger partial charge < -0.3 is 14.6 Å². The molecule has 0 saturated carbocycles. The van der Waals surface area contributed by atoms with Crippen molar-refractivity contribution in [1.29, 1.82) is 0 Å². The fraction of sp³-hybridized carbons (Fsp3) is 0.200. The first-order valence-corrected chi connectivity index (χ1v) is 8.18. The summed E-state index contributed by atoms with van der Waals surface area (Å²) in [6.45, 7) is 2.75. The molecule has 3 aromatic rings. The number of amides is 1. The van der Waals surface area contributed by atoms with Crippen LogP contribution in [0.25, 0.3) is 10.8 Å². The maximum atomic E-state index is 12.4. The summed E-state index contributed by atoms with van der Waals surface area (Å²) >= 11 is 0. The number of carbonyl (C=O) groups is 1. The van der Waals surface area contributed by atoms with Crippen LogP contribution in [0.4, 0.5) is 0 Å². The second-order valence-corrected chi connectivity index (χ2v) is 5.85. The fourth-order valence-corrected chi connectivity index (χ4v) is 2.63. The van der Waals surface area contributed by atoms with E-state index in [9.17, 15) is 9.59 Å². The van der Waals surface area contributed by atoms with Crippen molar-refractivity contribution in [3.05, 3.63) is 76.7 Å². The van der Waals surface area contributed by atoms with Gasteiger partial charge in [0.05, 0.1) is 6.54 Å². The number of hydrogen-bond donors (Lipinski definition) is 1. The smallest absolute Gasteiger partial charge is 0.258 e. The van der Waals surface area contributed by atoms with E-state index in [-0.39, 0.29) is 18.0 Å². The maximum absolute atomic E-state index is 12.4. The second-order valence-electron chi connectivity index (χ2n) is 5.85. The second kappa shape index (κ2) is 7.66. The zero-order chi connectivity index (χ0) is 17.6. The number of rotatable bonds is 6. The predicted molar refractivity (Wildman–Crippen MR) is 97.9 cm³/mol. The van der Waals surface area contributed by atoms with Gasteiger partial charge >= 0.3 is 0 Å². The summed E-state index contributed by atoms with van der Waals surface area (Å²) in [5.74, 6) is 0.560. The maximum Gasteiger partial charge on any atom is 0.258 e. The summed E-state index contributed by atoms with van der Waals surface area (Å²) in [5.41, 5.74) is 0.960. The molecule has 2 aromatic carbocycles. The Morgan fingerprint density at radius 3 is 2.80 bits per heavy atom. The predicted octanol–water partition coefficient (Wildman–Crippen LogP) is 2.51. The van der Waals surface area contributed by atoms with E-state index in [4.69, 9.17) is 4.74 Å². The normalized spacial score (nSPS) is 10.6. The number of ether oxygens (including phenoxy) is 1. The Morgan fingerprint density at radius 1 is 1.12 bits per heavy atom. The molecule has 25 heavy (non-hydrogen) atoms. The number of aromatic nitrogens is 1. The minimum atomic E-state index is -0.217. The first-order valence-electron chi connectivity index (χ1n) is 8.18. The van der Waals surface area contributed by atoms with Crippen LogP contribution in [0, 0.1) is 6.92 Å². The highest BCUT2D eigenvalue weighted by molar-refractivity contribution is 5.82. The molecule has 0 unspecified atom stereocenters. The number of fused-ring (bicyclic) bond motifs is 1. The van der Waals surface area contributed by atoms with Crippen LogP contribution in [0.15, 0.2) is 65.6 Å². The molecule has 0 aliphatic rings. The molecule has 0 bridgehead atoms. The Hall–Kier alpha value is -3.08. The van der Waals surface area contributed by atoms with Crippen LogP contribution in [0.5, 0.6) is 5.75 Å². The number of hydrogen-bond acceptors (Lipinski definition) is 3. The van der Waals surface area contributed by atoms with Crippen LogP contribution in [-0.4, -0.2) is 23.6 Å². The summed E-state index contributed by atoms with van der Waals surface area (Å²) in [6, 6.07) is 16.9. The van der Waals surface area contributed by atoms with Gasteiger partial charge in [0.25, 0.3) is 5.56 Å². The van der Waals surface area contributed by atoms with Crippen molar-refractivity contribution in [2.45, 2.75) is 13.5 Å². The molecule has 5 heteroatoms. The Bertz CT molecular complexity index is 947. The van der Waals surface area contributed by atoms with E-state index in [1.807, 2.05) is 55.5 Å². The number of nitrogens with zero attached hydrogens (tertiary/aromatic N) is 1. The fourth-order valence-electron chi connectivity index (χ4n) is 2.63. The first-order chi connectivity index (χ1) is 12.1. The first kappa shape index (κ1) is 16.8. The third-order valence-corrected chi connectivity index (χ3v) is 3.88. The molecule has 1 amide bonds. The molecule has 1 aromatic heterocycles. The lowest BCUT2D eigenvalue weighted by Gasteiger charge is -2.10. The van der Waals surface area contributed by atoms with E-state index < -0.39 is 0 Å². The number of pyridine rings is 1. The molecule has 0 atom stereocenters. The summed E-state index contributed by atoms with van der Waals surface area (Å²) in [7, 11) is 0. The topological polar surface area (TPSA) is 60.3 Å². The van der Waals surface area contributed by atoms with Crippen LogP contribution >= 0.6 is 0 Å². The van der Waals surface area contributed by atoms with Gasteiger partial charge in [0.2, 0.25) is 5.91 Å². The summed E-state index contributed by atoms with van der Waals surface area (Å²) in [6.07, 6.45) is 1.65. The minimum absolute atomic E-state index is 0.00584. The van der Waals surface area contributed by atoms with Crippen LogP contribution in [0.2, 0.25) is 0 Å². The number of benzene rings is 2. The molecule has 3 rings (SSSR count). The van der Waals surface area contributed by atoms with Crippen molar-refractivity contribution in [1.82, 2.24) is 9.88 Å². The monoisotopic (exact) mass is 336 g/mol. The third-order valence-electron chi connectivity index (χ3n) is 3.88. The van der Waals surface area contributed by atoms with Gasteiger partial charge in [-0.05, 0) is 42.1 Å². The van der Waals surface area contributed by atoms with Crippen molar-refractivity contribution in [2.75, 3.05) is 13.2 Å². The highest BCUT2D eigenvalue weighted by Gasteiger charge is 2.06. The standard InChI is InChI=1S/C20H20N2O3/c1-15-5-4-7-17(13-15)25-12-10-21-19(23)14-22-11-9-16-6-2-3-8-18(16)20(22)24/h2-9,11,13H,10,12,14H2,1H3,(H,21,23). The largest absolute Gasteiger partial charge is 0.492 e. The molecule has 1 heterocycles.